The Bertz CT molecular complexity index is 422. The second-order valence-corrected chi connectivity index (χ2v) is 2.90. The summed E-state index contributed by atoms with van der Waals surface area (Å²) in [6.45, 7) is 2.63. The van der Waals surface area contributed by atoms with Crippen LogP contribution in [-0.2, 0) is 6.54 Å². The van der Waals surface area contributed by atoms with Crippen LogP contribution in [0.2, 0.25) is 0 Å². The second-order valence-electron chi connectivity index (χ2n) is 2.90. The van der Waals surface area contributed by atoms with Crippen LogP contribution in [0.4, 0.5) is 0 Å². The number of aryl methyl sites for hydroxylation is 1. The van der Waals surface area contributed by atoms with Gasteiger partial charge in [0.2, 0.25) is 0 Å². The van der Waals surface area contributed by atoms with E-state index < -0.39 is 0 Å². The van der Waals surface area contributed by atoms with Crippen molar-refractivity contribution < 1.29 is 5.11 Å². The summed E-state index contributed by atoms with van der Waals surface area (Å²) in [5.74, 6) is 0.914. The van der Waals surface area contributed by atoms with Gasteiger partial charge < -0.3 is 9.67 Å². The van der Waals surface area contributed by atoms with E-state index in [4.69, 9.17) is 5.11 Å². The third kappa shape index (κ3) is 1.29. The zero-order valence-electron chi connectivity index (χ0n) is 7.44. The molecule has 13 heavy (non-hydrogen) atoms. The molecule has 0 aliphatic rings. The Hall–Kier alpha value is -1.42. The predicted molar refractivity (Wildman–Crippen MR) is 49.4 cm³/mol. The average molecular weight is 177 g/mol. The van der Waals surface area contributed by atoms with Gasteiger partial charge in [-0.25, -0.2) is 4.98 Å². The molecule has 0 bridgehead atoms. The van der Waals surface area contributed by atoms with Gasteiger partial charge in [0.1, 0.15) is 5.82 Å². The van der Waals surface area contributed by atoms with E-state index in [1.54, 1.807) is 12.4 Å². The van der Waals surface area contributed by atoms with Crippen molar-refractivity contribution in [2.75, 3.05) is 6.61 Å². The van der Waals surface area contributed by atoms with E-state index in [0.717, 1.165) is 16.9 Å². The SMILES string of the molecule is Cc1nc2ccncc2n1CCO. The first-order chi connectivity index (χ1) is 6.33. The lowest BCUT2D eigenvalue weighted by atomic mass is 10.4. The monoisotopic (exact) mass is 177 g/mol. The number of nitrogens with zero attached hydrogens (tertiary/aromatic N) is 3. The second kappa shape index (κ2) is 3.14. The van der Waals surface area contributed by atoms with Gasteiger partial charge in [-0.3, -0.25) is 4.98 Å². The minimum atomic E-state index is 0.126. The summed E-state index contributed by atoms with van der Waals surface area (Å²) < 4.78 is 1.96. The summed E-state index contributed by atoms with van der Waals surface area (Å²) in [5.41, 5.74) is 1.91. The fourth-order valence-electron chi connectivity index (χ4n) is 1.47. The van der Waals surface area contributed by atoms with Crippen LogP contribution in [0.15, 0.2) is 18.5 Å². The number of hydrogen-bond donors (Lipinski definition) is 1. The molecule has 0 radical (unpaired) electrons. The fourth-order valence-corrected chi connectivity index (χ4v) is 1.47. The normalized spacial score (nSPS) is 10.9. The molecular weight excluding hydrogens is 166 g/mol. The Labute approximate surface area is 75.9 Å². The number of hydrogen-bond acceptors (Lipinski definition) is 3. The standard InChI is InChI=1S/C9H11N3O/c1-7-11-8-2-3-10-6-9(8)12(7)4-5-13/h2-3,6,13H,4-5H2,1H3. The Morgan fingerprint density at radius 3 is 3.15 bits per heavy atom. The van der Waals surface area contributed by atoms with Gasteiger partial charge in [-0.1, -0.05) is 0 Å². The van der Waals surface area contributed by atoms with Gasteiger partial charge in [0.05, 0.1) is 23.8 Å². The molecule has 4 heteroatoms. The Morgan fingerprint density at radius 2 is 2.38 bits per heavy atom. The summed E-state index contributed by atoms with van der Waals surface area (Å²) >= 11 is 0. The topological polar surface area (TPSA) is 50.9 Å². The number of aromatic nitrogens is 3. The Morgan fingerprint density at radius 1 is 1.54 bits per heavy atom. The van der Waals surface area contributed by atoms with Crippen LogP contribution >= 0.6 is 0 Å². The highest BCUT2D eigenvalue weighted by atomic mass is 16.3. The summed E-state index contributed by atoms with van der Waals surface area (Å²) in [5, 5.41) is 8.85. The van der Waals surface area contributed by atoms with Crippen LogP contribution in [0, 0.1) is 6.92 Å². The van der Waals surface area contributed by atoms with Crippen molar-refractivity contribution in [2.45, 2.75) is 13.5 Å². The molecule has 68 valence electrons. The smallest absolute Gasteiger partial charge is 0.106 e. The average Bonchev–Trinajstić information content (AvgIpc) is 2.44. The van der Waals surface area contributed by atoms with Gasteiger partial charge in [-0.2, -0.15) is 0 Å². The highest BCUT2D eigenvalue weighted by Gasteiger charge is 2.05. The molecule has 0 amide bonds. The maximum atomic E-state index is 8.85. The maximum Gasteiger partial charge on any atom is 0.106 e. The molecule has 1 N–H and O–H groups in total. The molecule has 2 heterocycles. The first-order valence-electron chi connectivity index (χ1n) is 4.20. The molecule has 0 unspecified atom stereocenters. The van der Waals surface area contributed by atoms with E-state index in [0.29, 0.717) is 6.54 Å². The van der Waals surface area contributed by atoms with E-state index in [9.17, 15) is 0 Å². The molecule has 0 fully saturated rings. The zero-order valence-corrected chi connectivity index (χ0v) is 7.44. The summed E-state index contributed by atoms with van der Waals surface area (Å²) in [7, 11) is 0. The molecular formula is C9H11N3O. The Kier molecular flexibility index (Phi) is 1.98. The van der Waals surface area contributed by atoms with Crippen LogP contribution in [0.5, 0.6) is 0 Å². The summed E-state index contributed by atoms with van der Waals surface area (Å²) in [6, 6.07) is 1.87. The minimum Gasteiger partial charge on any atom is -0.395 e. The van der Waals surface area contributed by atoms with Crippen molar-refractivity contribution in [3.8, 4) is 0 Å². The number of pyridine rings is 1. The van der Waals surface area contributed by atoms with Gasteiger partial charge in [0.25, 0.3) is 0 Å². The largest absolute Gasteiger partial charge is 0.395 e. The number of rotatable bonds is 2. The van der Waals surface area contributed by atoms with Crippen molar-refractivity contribution in [3.63, 3.8) is 0 Å². The van der Waals surface area contributed by atoms with Crippen LogP contribution in [0.25, 0.3) is 11.0 Å². The molecule has 2 aromatic rings. The van der Waals surface area contributed by atoms with E-state index >= 15 is 0 Å². The number of aliphatic hydroxyl groups excluding tert-OH is 1. The molecule has 0 atom stereocenters. The minimum absolute atomic E-state index is 0.126. The van der Waals surface area contributed by atoms with Gasteiger partial charge in [-0.15, -0.1) is 0 Å². The summed E-state index contributed by atoms with van der Waals surface area (Å²) in [6.07, 6.45) is 3.49. The quantitative estimate of drug-likeness (QED) is 0.735. The van der Waals surface area contributed by atoms with Crippen LogP contribution in [0.1, 0.15) is 5.82 Å². The predicted octanol–water partition coefficient (Wildman–Crippen LogP) is 0.732. The molecule has 0 aliphatic carbocycles. The maximum absolute atomic E-state index is 8.85. The zero-order chi connectivity index (χ0) is 9.26. The van der Waals surface area contributed by atoms with Gasteiger partial charge in [0, 0.05) is 12.7 Å². The summed E-state index contributed by atoms with van der Waals surface area (Å²) in [4.78, 5) is 8.37. The lowest BCUT2D eigenvalue weighted by Crippen LogP contribution is -2.03. The highest BCUT2D eigenvalue weighted by Crippen LogP contribution is 2.13. The van der Waals surface area contributed by atoms with E-state index in [-0.39, 0.29) is 6.61 Å². The van der Waals surface area contributed by atoms with Crippen molar-refractivity contribution in [1.29, 1.82) is 0 Å². The van der Waals surface area contributed by atoms with Crippen molar-refractivity contribution in [2.24, 2.45) is 0 Å². The van der Waals surface area contributed by atoms with Gasteiger partial charge in [0.15, 0.2) is 0 Å². The third-order valence-corrected chi connectivity index (χ3v) is 2.07. The van der Waals surface area contributed by atoms with Crippen LogP contribution < -0.4 is 0 Å². The lowest BCUT2D eigenvalue weighted by Gasteiger charge is -2.02. The van der Waals surface area contributed by atoms with Crippen molar-refractivity contribution in [3.05, 3.63) is 24.3 Å². The lowest BCUT2D eigenvalue weighted by molar-refractivity contribution is 0.276. The molecule has 0 spiro atoms. The van der Waals surface area contributed by atoms with E-state index in [1.807, 2.05) is 17.6 Å². The highest BCUT2D eigenvalue weighted by molar-refractivity contribution is 5.74. The molecule has 2 aromatic heterocycles. The molecule has 0 aliphatic heterocycles. The fraction of sp³-hybridized carbons (Fsp3) is 0.333. The Balaban J connectivity index is 2.64. The molecule has 4 nitrogen and oxygen atoms in total. The molecule has 0 saturated carbocycles. The number of imidazole rings is 1. The third-order valence-electron chi connectivity index (χ3n) is 2.07. The number of fused-ring (bicyclic) bond motifs is 1. The van der Waals surface area contributed by atoms with E-state index in [1.165, 1.54) is 0 Å². The first-order valence-corrected chi connectivity index (χ1v) is 4.20. The van der Waals surface area contributed by atoms with Gasteiger partial charge in [-0.05, 0) is 13.0 Å². The van der Waals surface area contributed by atoms with Gasteiger partial charge >= 0.3 is 0 Å². The first kappa shape index (κ1) is 8.19. The molecule has 2 rings (SSSR count). The molecule has 0 aromatic carbocycles. The van der Waals surface area contributed by atoms with Crippen LogP contribution in [0.3, 0.4) is 0 Å². The number of aliphatic hydroxyl groups is 1. The van der Waals surface area contributed by atoms with Crippen molar-refractivity contribution in [1.82, 2.24) is 14.5 Å². The van der Waals surface area contributed by atoms with Crippen molar-refractivity contribution >= 4 is 11.0 Å². The van der Waals surface area contributed by atoms with E-state index in [2.05, 4.69) is 9.97 Å². The van der Waals surface area contributed by atoms with Crippen LogP contribution in [-0.4, -0.2) is 26.2 Å². The molecule has 0 saturated heterocycles.